The molecular weight excluding hydrogens is 1100 g/mol. The fourth-order valence-electron chi connectivity index (χ4n) is 10.8. The SMILES string of the molecule is CC1CCc2cccc(-c3cccc(C(Nc4c(C(C)C)cccc4C(C)C)c4ccccc4)n3)c2N1.CC1CCc2cccc(-c3cccc(C([N-]c4c(C(C)C)cccc4C(C)C)c4ccccc4)n3)c2[N-]1.[CH3-].[CH3-].[Hf]. The van der Waals surface area contributed by atoms with Gasteiger partial charge in [0.1, 0.15) is 0 Å². The zero-order valence-corrected chi connectivity index (χ0v) is 51.5. The van der Waals surface area contributed by atoms with Gasteiger partial charge in [0.05, 0.1) is 23.1 Å². The van der Waals surface area contributed by atoms with E-state index >= 15 is 0 Å². The summed E-state index contributed by atoms with van der Waals surface area (Å²) < 4.78 is 0. The molecular formula is C70H82HfN6-4. The van der Waals surface area contributed by atoms with E-state index in [1.165, 1.54) is 55.9 Å². The van der Waals surface area contributed by atoms with Crippen molar-refractivity contribution < 1.29 is 25.8 Å². The van der Waals surface area contributed by atoms with Crippen molar-refractivity contribution in [2.45, 2.75) is 143 Å². The first kappa shape index (κ1) is 59.9. The van der Waals surface area contributed by atoms with Crippen LogP contribution in [0.4, 0.5) is 22.7 Å². The predicted molar refractivity (Wildman–Crippen MR) is 327 cm³/mol. The number of para-hydroxylation sites is 4. The number of nitrogens with zero attached hydrogens (tertiary/aromatic N) is 4. The van der Waals surface area contributed by atoms with Crippen molar-refractivity contribution in [3.63, 3.8) is 0 Å². The van der Waals surface area contributed by atoms with Gasteiger partial charge in [0.2, 0.25) is 0 Å². The summed E-state index contributed by atoms with van der Waals surface area (Å²) >= 11 is 0. The third-order valence-electron chi connectivity index (χ3n) is 14.9. The Labute approximate surface area is 482 Å². The molecule has 0 aliphatic carbocycles. The van der Waals surface area contributed by atoms with Gasteiger partial charge < -0.3 is 36.1 Å². The second-order valence-corrected chi connectivity index (χ2v) is 21.8. The third-order valence-corrected chi connectivity index (χ3v) is 14.9. The minimum atomic E-state index is -0.200. The summed E-state index contributed by atoms with van der Waals surface area (Å²) in [5.41, 5.74) is 21.3. The molecule has 2 aliphatic rings. The summed E-state index contributed by atoms with van der Waals surface area (Å²) in [7, 11) is 0. The zero-order chi connectivity index (χ0) is 51.9. The smallest absolute Gasteiger partial charge is 0.0940 e. The summed E-state index contributed by atoms with van der Waals surface area (Å²) in [6, 6.07) is 61.1. The normalized spacial score (nSPS) is 15.2. The summed E-state index contributed by atoms with van der Waals surface area (Å²) in [6.07, 6.45) is 4.44. The van der Waals surface area contributed by atoms with E-state index in [-0.39, 0.29) is 52.8 Å². The first-order chi connectivity index (χ1) is 35.8. The number of pyridine rings is 2. The zero-order valence-electron chi connectivity index (χ0n) is 47.9. The largest absolute Gasteiger partial charge is 0.681 e. The number of hydrogen-bond acceptors (Lipinski definition) is 4. The van der Waals surface area contributed by atoms with E-state index in [4.69, 9.17) is 20.6 Å². The quantitative estimate of drug-likeness (QED) is 0.0840. The molecule has 77 heavy (non-hydrogen) atoms. The van der Waals surface area contributed by atoms with E-state index in [0.717, 1.165) is 71.0 Å². The van der Waals surface area contributed by atoms with E-state index in [0.29, 0.717) is 35.8 Å². The number of fused-ring (bicyclic) bond motifs is 2. The van der Waals surface area contributed by atoms with Gasteiger partial charge in [-0.1, -0.05) is 237 Å². The van der Waals surface area contributed by atoms with Crippen LogP contribution >= 0.6 is 0 Å². The van der Waals surface area contributed by atoms with Crippen molar-refractivity contribution in [3.05, 3.63) is 251 Å². The molecule has 7 heteroatoms. The van der Waals surface area contributed by atoms with Crippen LogP contribution in [0.25, 0.3) is 33.1 Å². The molecule has 0 radical (unpaired) electrons. The summed E-state index contributed by atoms with van der Waals surface area (Å²) in [5, 5.41) is 18.2. The Balaban J connectivity index is 0.000000240. The number of benzene rings is 6. The van der Waals surface area contributed by atoms with Crippen molar-refractivity contribution in [2.75, 3.05) is 10.6 Å². The van der Waals surface area contributed by atoms with E-state index in [1.807, 2.05) is 0 Å². The number of aromatic nitrogens is 2. The van der Waals surface area contributed by atoms with Crippen molar-refractivity contribution in [1.29, 1.82) is 0 Å². The maximum Gasteiger partial charge on any atom is 0.0940 e. The molecule has 6 aromatic carbocycles. The number of rotatable bonds is 14. The van der Waals surface area contributed by atoms with E-state index in [1.54, 1.807) is 0 Å². The van der Waals surface area contributed by atoms with Gasteiger partial charge in [0.25, 0.3) is 0 Å². The van der Waals surface area contributed by atoms with Crippen molar-refractivity contribution >= 4 is 22.7 Å². The van der Waals surface area contributed by atoms with Gasteiger partial charge in [-0.25, -0.2) is 0 Å². The molecule has 0 spiro atoms. The van der Waals surface area contributed by atoms with Crippen LogP contribution in [0.3, 0.4) is 0 Å². The van der Waals surface area contributed by atoms with Gasteiger partial charge in [0.15, 0.2) is 0 Å². The molecule has 4 unspecified atom stereocenters. The van der Waals surface area contributed by atoms with Gasteiger partial charge in [-0.15, -0.1) is 17.4 Å². The Morgan fingerprint density at radius 1 is 0.506 bits per heavy atom. The second kappa shape index (κ2) is 27.3. The molecule has 2 aromatic heterocycles. The van der Waals surface area contributed by atoms with Gasteiger partial charge >= 0.3 is 0 Å². The Kier molecular flexibility index (Phi) is 21.3. The van der Waals surface area contributed by atoms with Crippen molar-refractivity contribution in [2.24, 2.45) is 0 Å². The van der Waals surface area contributed by atoms with Crippen LogP contribution in [0.2, 0.25) is 0 Å². The van der Waals surface area contributed by atoms with Crippen LogP contribution in [-0.4, -0.2) is 22.1 Å². The van der Waals surface area contributed by atoms with Crippen LogP contribution in [0.5, 0.6) is 0 Å². The maximum atomic E-state index is 5.49. The van der Waals surface area contributed by atoms with Crippen LogP contribution in [0, 0.1) is 14.9 Å². The Morgan fingerprint density at radius 2 is 0.987 bits per heavy atom. The predicted octanol–water partition coefficient (Wildman–Crippen LogP) is 20.0. The monoisotopic (exact) mass is 1190 g/mol. The molecule has 4 heterocycles. The molecule has 8 aromatic rings. The average molecular weight is 1190 g/mol. The van der Waals surface area contributed by atoms with Gasteiger partial charge in [-0.3, -0.25) is 9.97 Å². The molecule has 0 saturated heterocycles. The first-order valence-electron chi connectivity index (χ1n) is 27.3. The topological polar surface area (TPSA) is 78.0 Å². The number of hydrogen-bond donors (Lipinski definition) is 2. The van der Waals surface area contributed by atoms with Crippen LogP contribution in [0.15, 0.2) is 170 Å². The molecule has 6 nitrogen and oxygen atoms in total. The molecule has 2 aliphatic heterocycles. The number of nitrogens with one attached hydrogen (secondary N) is 2. The number of aryl methyl sites for hydroxylation is 2. The molecule has 2 N–H and O–H groups in total. The Morgan fingerprint density at radius 3 is 1.58 bits per heavy atom. The minimum absolute atomic E-state index is 0. The van der Waals surface area contributed by atoms with Crippen molar-refractivity contribution in [3.8, 4) is 22.5 Å². The maximum absolute atomic E-state index is 5.49. The minimum Gasteiger partial charge on any atom is -0.681 e. The first-order valence-corrected chi connectivity index (χ1v) is 27.3. The Bertz CT molecular complexity index is 2880. The Hall–Kier alpha value is -6.31. The van der Waals surface area contributed by atoms with E-state index in [2.05, 4.69) is 250 Å². The third kappa shape index (κ3) is 13.9. The molecule has 0 bridgehead atoms. The molecule has 4 atom stereocenters. The van der Waals surface area contributed by atoms with Gasteiger partial charge in [-0.2, -0.15) is 0 Å². The van der Waals surface area contributed by atoms with E-state index in [9.17, 15) is 0 Å². The average Bonchev–Trinajstić information content (AvgIpc) is 3.41. The fraction of sp³-hybridized carbons (Fsp3) is 0.314. The standard InChI is InChI=1S/C34H39N3.C34H37N3.2CH3.Hf/c2*1-22(2)27-15-10-16-28(23(3)4)34(27)37-33(25-12-7-6-8-13-25)31-19-11-18-30(36-31)29-17-9-14-26-21-20-24(5)35-32(26)29;;;/h6-19,22-24,33,35,37H,20-21H2,1-5H3;6-19,22-24,33H,20-21H2,1-5H3;2*1H3;/q;-2;2*-1;. The van der Waals surface area contributed by atoms with Crippen LogP contribution in [0.1, 0.15) is 174 Å². The van der Waals surface area contributed by atoms with Crippen molar-refractivity contribution in [1.82, 2.24) is 9.97 Å². The molecule has 0 fully saturated rings. The van der Waals surface area contributed by atoms with Gasteiger partial charge in [-0.05, 0) is 108 Å². The molecule has 400 valence electrons. The molecule has 0 saturated carbocycles. The second-order valence-electron chi connectivity index (χ2n) is 21.8. The van der Waals surface area contributed by atoms with Crippen LogP contribution in [-0.2, 0) is 38.7 Å². The number of anilines is 2. The fourth-order valence-corrected chi connectivity index (χ4v) is 10.8. The summed E-state index contributed by atoms with van der Waals surface area (Å²) in [5.74, 6) is 1.60. The summed E-state index contributed by atoms with van der Waals surface area (Å²) in [6.45, 7) is 22.5. The summed E-state index contributed by atoms with van der Waals surface area (Å²) in [4.78, 5) is 10.5. The molecule has 10 rings (SSSR count). The van der Waals surface area contributed by atoms with Crippen LogP contribution < -0.4 is 10.6 Å². The molecule has 0 amide bonds. The van der Waals surface area contributed by atoms with Gasteiger partial charge in [0, 0.05) is 54.5 Å². The van der Waals surface area contributed by atoms with E-state index < -0.39 is 0 Å².